The molecule has 0 spiro atoms. The first-order valence-electron chi connectivity index (χ1n) is 6.57. The van der Waals surface area contributed by atoms with Crippen LogP contribution in [0.5, 0.6) is 0 Å². The second kappa shape index (κ2) is 5.86. The summed E-state index contributed by atoms with van der Waals surface area (Å²) in [5.41, 5.74) is 0. The lowest BCUT2D eigenvalue weighted by molar-refractivity contribution is -0.144. The third-order valence-corrected chi connectivity index (χ3v) is 3.13. The van der Waals surface area contributed by atoms with Gasteiger partial charge in [0.05, 0.1) is 6.61 Å². The molecule has 19 heavy (non-hydrogen) atoms. The summed E-state index contributed by atoms with van der Waals surface area (Å²) in [6, 6.07) is 1.62. The molecule has 0 amide bonds. The van der Waals surface area contributed by atoms with Crippen molar-refractivity contribution in [3.8, 4) is 0 Å². The van der Waals surface area contributed by atoms with Gasteiger partial charge in [-0.05, 0) is 25.8 Å². The van der Waals surface area contributed by atoms with E-state index in [1.807, 2.05) is 36.9 Å². The highest BCUT2D eigenvalue weighted by Crippen LogP contribution is 2.25. The van der Waals surface area contributed by atoms with Crippen molar-refractivity contribution < 1.29 is 9.53 Å². The predicted molar refractivity (Wildman–Crippen MR) is 73.4 cm³/mol. The summed E-state index contributed by atoms with van der Waals surface area (Å²) in [4.78, 5) is 24.5. The number of aromatic nitrogens is 2. The van der Waals surface area contributed by atoms with E-state index in [4.69, 9.17) is 4.74 Å². The number of ether oxygens (including phenoxy) is 1. The van der Waals surface area contributed by atoms with E-state index in [-0.39, 0.29) is 12.0 Å². The van der Waals surface area contributed by atoms with Gasteiger partial charge in [-0.3, -0.25) is 0 Å². The van der Waals surface area contributed by atoms with Crippen molar-refractivity contribution >= 4 is 17.7 Å². The van der Waals surface area contributed by atoms with Gasteiger partial charge < -0.3 is 14.5 Å². The molecule has 1 aromatic rings. The molecule has 1 unspecified atom stereocenters. The molecule has 6 nitrogen and oxygen atoms in total. The average Bonchev–Trinajstić information content (AvgIpc) is 2.88. The lowest BCUT2D eigenvalue weighted by Gasteiger charge is -2.24. The number of carbonyl (C=O) groups excluding carboxylic acids is 1. The van der Waals surface area contributed by atoms with Gasteiger partial charge in [0.25, 0.3) is 0 Å². The van der Waals surface area contributed by atoms with Gasteiger partial charge in [-0.15, -0.1) is 0 Å². The van der Waals surface area contributed by atoms with E-state index >= 15 is 0 Å². The molecule has 0 saturated carbocycles. The summed E-state index contributed by atoms with van der Waals surface area (Å²) in [7, 11) is 3.79. The van der Waals surface area contributed by atoms with Crippen molar-refractivity contribution in [1.82, 2.24) is 9.97 Å². The zero-order chi connectivity index (χ0) is 13.8. The van der Waals surface area contributed by atoms with Crippen molar-refractivity contribution in [2.45, 2.75) is 25.8 Å². The van der Waals surface area contributed by atoms with Gasteiger partial charge in [0.2, 0.25) is 5.95 Å². The van der Waals surface area contributed by atoms with Gasteiger partial charge in [-0.1, -0.05) is 0 Å². The highest BCUT2D eigenvalue weighted by Gasteiger charge is 2.32. The summed E-state index contributed by atoms with van der Waals surface area (Å²) in [6.45, 7) is 3.06. The Morgan fingerprint density at radius 3 is 3.05 bits per heavy atom. The number of rotatable bonds is 4. The van der Waals surface area contributed by atoms with Crippen LogP contribution in [0.15, 0.2) is 12.3 Å². The molecule has 1 saturated heterocycles. The van der Waals surface area contributed by atoms with Crippen LogP contribution in [0.1, 0.15) is 19.8 Å². The van der Waals surface area contributed by atoms with Gasteiger partial charge in [0.15, 0.2) is 0 Å². The molecule has 0 aliphatic carbocycles. The van der Waals surface area contributed by atoms with Gasteiger partial charge in [-0.2, -0.15) is 4.98 Å². The molecular formula is C13H20N4O2. The number of anilines is 2. The number of esters is 1. The number of hydrogen-bond acceptors (Lipinski definition) is 6. The summed E-state index contributed by atoms with van der Waals surface area (Å²) >= 11 is 0. The monoisotopic (exact) mass is 264 g/mol. The van der Waals surface area contributed by atoms with Crippen LogP contribution in [0.2, 0.25) is 0 Å². The number of carbonyl (C=O) groups is 1. The maximum Gasteiger partial charge on any atom is 0.328 e. The zero-order valence-electron chi connectivity index (χ0n) is 11.7. The normalized spacial score (nSPS) is 18.5. The van der Waals surface area contributed by atoms with Crippen molar-refractivity contribution in [3.63, 3.8) is 0 Å². The van der Waals surface area contributed by atoms with E-state index in [2.05, 4.69) is 9.97 Å². The van der Waals surface area contributed by atoms with Crippen LogP contribution in [-0.2, 0) is 9.53 Å². The molecule has 104 valence electrons. The van der Waals surface area contributed by atoms with E-state index in [0.717, 1.165) is 25.2 Å². The maximum atomic E-state index is 11.9. The first kappa shape index (κ1) is 13.6. The quantitative estimate of drug-likeness (QED) is 0.758. The largest absolute Gasteiger partial charge is 0.464 e. The van der Waals surface area contributed by atoms with E-state index in [9.17, 15) is 4.79 Å². The minimum absolute atomic E-state index is 0.162. The Labute approximate surface area is 113 Å². The van der Waals surface area contributed by atoms with Crippen LogP contribution < -0.4 is 9.80 Å². The van der Waals surface area contributed by atoms with E-state index in [1.54, 1.807) is 6.20 Å². The van der Waals surface area contributed by atoms with E-state index in [1.165, 1.54) is 0 Å². The average molecular weight is 264 g/mol. The minimum Gasteiger partial charge on any atom is -0.464 e. The zero-order valence-corrected chi connectivity index (χ0v) is 11.7. The van der Waals surface area contributed by atoms with Gasteiger partial charge >= 0.3 is 5.97 Å². The van der Waals surface area contributed by atoms with Gasteiger partial charge in [-0.25, -0.2) is 9.78 Å². The smallest absolute Gasteiger partial charge is 0.328 e. The topological polar surface area (TPSA) is 58.6 Å². The molecule has 1 atom stereocenters. The fourth-order valence-corrected chi connectivity index (χ4v) is 2.24. The van der Waals surface area contributed by atoms with Crippen LogP contribution in [0.4, 0.5) is 11.8 Å². The molecule has 2 heterocycles. The van der Waals surface area contributed by atoms with Gasteiger partial charge in [0.1, 0.15) is 11.9 Å². The fourth-order valence-electron chi connectivity index (χ4n) is 2.24. The molecule has 1 aliphatic heterocycles. The van der Waals surface area contributed by atoms with Crippen molar-refractivity contribution in [3.05, 3.63) is 12.3 Å². The Kier molecular flexibility index (Phi) is 4.19. The van der Waals surface area contributed by atoms with E-state index in [0.29, 0.717) is 12.6 Å². The Morgan fingerprint density at radius 2 is 2.37 bits per heavy atom. The van der Waals surface area contributed by atoms with Crippen molar-refractivity contribution in [2.75, 3.05) is 37.0 Å². The highest BCUT2D eigenvalue weighted by molar-refractivity contribution is 5.80. The summed E-state index contributed by atoms with van der Waals surface area (Å²) in [5.74, 6) is 1.27. The lowest BCUT2D eigenvalue weighted by atomic mass is 10.2. The number of hydrogen-bond donors (Lipinski definition) is 0. The molecule has 0 bridgehead atoms. The second-order valence-electron chi connectivity index (χ2n) is 4.71. The Hall–Kier alpha value is -1.85. The fraction of sp³-hybridized carbons (Fsp3) is 0.615. The van der Waals surface area contributed by atoms with Crippen LogP contribution >= 0.6 is 0 Å². The Morgan fingerprint density at radius 1 is 1.58 bits per heavy atom. The molecule has 6 heteroatoms. The first-order valence-corrected chi connectivity index (χ1v) is 6.57. The van der Waals surface area contributed by atoms with Crippen LogP contribution in [0.3, 0.4) is 0 Å². The SMILES string of the molecule is CCOC(=O)C1CCCN1c1ccnc(N(C)C)n1. The van der Waals surface area contributed by atoms with Crippen LogP contribution in [-0.4, -0.2) is 49.2 Å². The number of nitrogens with zero attached hydrogens (tertiary/aromatic N) is 4. The molecule has 0 aromatic carbocycles. The Bertz CT molecular complexity index is 450. The molecule has 1 aromatic heterocycles. The molecule has 0 radical (unpaired) electrons. The minimum atomic E-state index is -0.218. The van der Waals surface area contributed by atoms with Crippen LogP contribution in [0.25, 0.3) is 0 Å². The second-order valence-corrected chi connectivity index (χ2v) is 4.71. The molecule has 0 N–H and O–H groups in total. The summed E-state index contributed by atoms with van der Waals surface area (Å²) in [5, 5.41) is 0. The molecule has 1 fully saturated rings. The van der Waals surface area contributed by atoms with Crippen molar-refractivity contribution in [1.29, 1.82) is 0 Å². The third kappa shape index (κ3) is 2.94. The maximum absolute atomic E-state index is 11.9. The standard InChI is InChI=1S/C13H20N4O2/c1-4-19-12(18)10-6-5-9-17(10)11-7-8-14-13(15-11)16(2)3/h7-8,10H,4-6,9H2,1-3H3. The van der Waals surface area contributed by atoms with E-state index < -0.39 is 0 Å². The summed E-state index contributed by atoms with van der Waals surface area (Å²) < 4.78 is 5.12. The van der Waals surface area contributed by atoms with Gasteiger partial charge in [0, 0.05) is 26.8 Å². The van der Waals surface area contributed by atoms with Crippen molar-refractivity contribution in [2.24, 2.45) is 0 Å². The Balaban J connectivity index is 2.20. The molecule has 2 rings (SSSR count). The third-order valence-electron chi connectivity index (χ3n) is 3.13. The lowest BCUT2D eigenvalue weighted by Crippen LogP contribution is -2.38. The summed E-state index contributed by atoms with van der Waals surface area (Å²) in [6.07, 6.45) is 3.52. The molecule has 1 aliphatic rings. The highest BCUT2D eigenvalue weighted by atomic mass is 16.5. The predicted octanol–water partition coefficient (Wildman–Crippen LogP) is 1.07. The van der Waals surface area contributed by atoms with Crippen LogP contribution in [0, 0.1) is 0 Å². The molecular weight excluding hydrogens is 244 g/mol. The first-order chi connectivity index (χ1) is 9.13.